The molecule has 0 aliphatic heterocycles. The minimum atomic E-state index is -0.849. The van der Waals surface area contributed by atoms with Gasteiger partial charge in [0.25, 0.3) is 0 Å². The number of halogens is 2. The molecule has 2 rings (SSSR count). The zero-order chi connectivity index (χ0) is 13.3. The van der Waals surface area contributed by atoms with Crippen LogP contribution in [-0.4, -0.2) is 4.98 Å². The third-order valence-electron chi connectivity index (χ3n) is 3.01. The molecule has 0 radical (unpaired) electrons. The summed E-state index contributed by atoms with van der Waals surface area (Å²) in [7, 11) is 0. The van der Waals surface area contributed by atoms with Gasteiger partial charge in [-0.3, -0.25) is 4.98 Å². The molecule has 2 aromatic rings. The van der Waals surface area contributed by atoms with Crippen LogP contribution in [0.15, 0.2) is 30.5 Å². The van der Waals surface area contributed by atoms with E-state index in [0.29, 0.717) is 16.8 Å². The first-order valence-electron chi connectivity index (χ1n) is 5.64. The molecular formula is C14H14F2N2. The summed E-state index contributed by atoms with van der Waals surface area (Å²) < 4.78 is 27.7. The molecule has 1 aromatic heterocycles. The minimum absolute atomic E-state index is 0.105. The lowest BCUT2D eigenvalue weighted by Gasteiger charge is -2.16. The molecule has 4 heteroatoms. The van der Waals surface area contributed by atoms with E-state index in [1.807, 2.05) is 0 Å². The highest BCUT2D eigenvalue weighted by Gasteiger charge is 2.21. The van der Waals surface area contributed by atoms with E-state index in [4.69, 9.17) is 5.73 Å². The third kappa shape index (κ3) is 2.11. The van der Waals surface area contributed by atoms with Crippen molar-refractivity contribution < 1.29 is 8.78 Å². The quantitative estimate of drug-likeness (QED) is 0.887. The largest absolute Gasteiger partial charge is 0.320 e. The number of aryl methyl sites for hydroxylation is 2. The Kier molecular flexibility index (Phi) is 3.39. The molecule has 0 bridgehead atoms. The summed E-state index contributed by atoms with van der Waals surface area (Å²) in [6.07, 6.45) is 1.62. The molecule has 0 aliphatic rings. The number of rotatable bonds is 2. The molecule has 1 atom stereocenters. The van der Waals surface area contributed by atoms with Crippen molar-refractivity contribution >= 4 is 0 Å². The Morgan fingerprint density at radius 1 is 1.17 bits per heavy atom. The Hall–Kier alpha value is -1.81. The molecule has 0 fully saturated rings. The zero-order valence-electron chi connectivity index (χ0n) is 10.2. The fourth-order valence-corrected chi connectivity index (χ4v) is 1.94. The van der Waals surface area contributed by atoms with E-state index in [0.717, 1.165) is 0 Å². The zero-order valence-corrected chi connectivity index (χ0v) is 10.2. The average molecular weight is 248 g/mol. The second-order valence-corrected chi connectivity index (χ2v) is 4.25. The van der Waals surface area contributed by atoms with Crippen LogP contribution in [0.5, 0.6) is 0 Å². The van der Waals surface area contributed by atoms with Gasteiger partial charge in [0.1, 0.15) is 11.6 Å². The molecular weight excluding hydrogens is 234 g/mol. The van der Waals surface area contributed by atoms with Crippen LogP contribution in [0.25, 0.3) is 0 Å². The minimum Gasteiger partial charge on any atom is -0.320 e. The van der Waals surface area contributed by atoms with Crippen LogP contribution in [0.2, 0.25) is 0 Å². The summed E-state index contributed by atoms with van der Waals surface area (Å²) in [5, 5.41) is 0. The molecule has 2 nitrogen and oxygen atoms in total. The highest BCUT2D eigenvalue weighted by Crippen LogP contribution is 2.27. The summed E-state index contributed by atoms with van der Waals surface area (Å²) in [5.41, 5.74) is 7.54. The first-order chi connectivity index (χ1) is 8.52. The van der Waals surface area contributed by atoms with Crippen molar-refractivity contribution in [1.29, 1.82) is 0 Å². The standard InChI is InChI=1S/C14H14F2N2/c1-8-5-6-11(15)12(13(8)16)14(17)10-4-3-7-18-9(10)2/h3-7,14H,17H2,1-2H3. The summed E-state index contributed by atoms with van der Waals surface area (Å²) >= 11 is 0. The van der Waals surface area contributed by atoms with E-state index in [9.17, 15) is 8.78 Å². The summed E-state index contributed by atoms with van der Waals surface area (Å²) in [6, 6.07) is 5.22. The second-order valence-electron chi connectivity index (χ2n) is 4.25. The van der Waals surface area contributed by atoms with Gasteiger partial charge in [0.15, 0.2) is 0 Å². The highest BCUT2D eigenvalue weighted by molar-refractivity contribution is 5.37. The van der Waals surface area contributed by atoms with Crippen molar-refractivity contribution in [2.75, 3.05) is 0 Å². The Morgan fingerprint density at radius 3 is 2.56 bits per heavy atom. The van der Waals surface area contributed by atoms with Gasteiger partial charge in [-0.25, -0.2) is 8.78 Å². The van der Waals surface area contributed by atoms with Crippen LogP contribution < -0.4 is 5.73 Å². The summed E-state index contributed by atoms with van der Waals surface area (Å²) in [4.78, 5) is 4.08. The van der Waals surface area contributed by atoms with Crippen LogP contribution in [0.1, 0.15) is 28.4 Å². The third-order valence-corrected chi connectivity index (χ3v) is 3.01. The fraction of sp³-hybridized carbons (Fsp3) is 0.214. The maximum Gasteiger partial charge on any atom is 0.134 e. The number of nitrogens with zero attached hydrogens (tertiary/aromatic N) is 1. The molecule has 2 N–H and O–H groups in total. The molecule has 0 spiro atoms. The highest BCUT2D eigenvalue weighted by atomic mass is 19.1. The van der Waals surface area contributed by atoms with Crippen molar-refractivity contribution in [3.05, 3.63) is 64.5 Å². The van der Waals surface area contributed by atoms with Crippen LogP contribution in [0, 0.1) is 25.5 Å². The van der Waals surface area contributed by atoms with Gasteiger partial charge in [0.2, 0.25) is 0 Å². The number of pyridine rings is 1. The average Bonchev–Trinajstić information content (AvgIpc) is 2.35. The molecule has 0 aliphatic carbocycles. The maximum absolute atomic E-state index is 14.0. The monoisotopic (exact) mass is 248 g/mol. The molecule has 1 unspecified atom stereocenters. The Labute approximate surface area is 104 Å². The Bertz CT molecular complexity index is 582. The summed E-state index contributed by atoms with van der Waals surface area (Å²) in [5.74, 6) is -1.22. The lowest BCUT2D eigenvalue weighted by Crippen LogP contribution is -2.17. The number of hydrogen-bond acceptors (Lipinski definition) is 2. The van der Waals surface area contributed by atoms with Gasteiger partial charge in [-0.2, -0.15) is 0 Å². The second kappa shape index (κ2) is 4.82. The van der Waals surface area contributed by atoms with Crippen LogP contribution in [0.4, 0.5) is 8.78 Å². The van der Waals surface area contributed by atoms with E-state index in [1.165, 1.54) is 12.1 Å². The number of benzene rings is 1. The lowest BCUT2D eigenvalue weighted by atomic mass is 9.96. The SMILES string of the molecule is Cc1ccc(F)c(C(N)c2cccnc2C)c1F. The molecule has 0 saturated carbocycles. The normalized spacial score (nSPS) is 12.5. The van der Waals surface area contributed by atoms with Crippen molar-refractivity contribution in [2.45, 2.75) is 19.9 Å². The first kappa shape index (κ1) is 12.6. The molecule has 0 saturated heterocycles. The van der Waals surface area contributed by atoms with Gasteiger partial charge >= 0.3 is 0 Å². The van der Waals surface area contributed by atoms with Crippen LogP contribution in [0.3, 0.4) is 0 Å². The van der Waals surface area contributed by atoms with Crippen molar-refractivity contribution in [3.8, 4) is 0 Å². The van der Waals surface area contributed by atoms with Crippen molar-refractivity contribution in [2.24, 2.45) is 5.73 Å². The van der Waals surface area contributed by atoms with Gasteiger partial charge < -0.3 is 5.73 Å². The predicted octanol–water partition coefficient (Wildman–Crippen LogP) is 3.02. The van der Waals surface area contributed by atoms with Crippen LogP contribution in [-0.2, 0) is 0 Å². The molecule has 1 heterocycles. The van der Waals surface area contributed by atoms with E-state index in [-0.39, 0.29) is 5.56 Å². The van der Waals surface area contributed by atoms with Gasteiger partial charge in [-0.05, 0) is 37.1 Å². The van der Waals surface area contributed by atoms with E-state index >= 15 is 0 Å². The first-order valence-corrected chi connectivity index (χ1v) is 5.64. The van der Waals surface area contributed by atoms with E-state index in [2.05, 4.69) is 4.98 Å². The number of hydrogen-bond donors (Lipinski definition) is 1. The van der Waals surface area contributed by atoms with Gasteiger partial charge in [-0.15, -0.1) is 0 Å². The molecule has 18 heavy (non-hydrogen) atoms. The topological polar surface area (TPSA) is 38.9 Å². The summed E-state index contributed by atoms with van der Waals surface area (Å²) in [6.45, 7) is 3.35. The van der Waals surface area contributed by atoms with E-state index < -0.39 is 17.7 Å². The van der Waals surface area contributed by atoms with Crippen molar-refractivity contribution in [1.82, 2.24) is 4.98 Å². The number of nitrogens with two attached hydrogens (primary N) is 1. The maximum atomic E-state index is 14.0. The smallest absolute Gasteiger partial charge is 0.134 e. The van der Waals surface area contributed by atoms with Gasteiger partial charge in [0, 0.05) is 17.5 Å². The van der Waals surface area contributed by atoms with Crippen LogP contribution >= 0.6 is 0 Å². The van der Waals surface area contributed by atoms with Crippen molar-refractivity contribution in [3.63, 3.8) is 0 Å². The molecule has 0 amide bonds. The predicted molar refractivity (Wildman–Crippen MR) is 66.1 cm³/mol. The van der Waals surface area contributed by atoms with Gasteiger partial charge in [0.05, 0.1) is 6.04 Å². The Balaban J connectivity index is 2.56. The van der Waals surface area contributed by atoms with Gasteiger partial charge in [-0.1, -0.05) is 12.1 Å². The lowest BCUT2D eigenvalue weighted by molar-refractivity contribution is 0.537. The fourth-order valence-electron chi connectivity index (χ4n) is 1.94. The molecule has 1 aromatic carbocycles. The number of aromatic nitrogens is 1. The molecule has 94 valence electrons. The van der Waals surface area contributed by atoms with E-state index in [1.54, 1.807) is 32.2 Å². The Morgan fingerprint density at radius 2 is 1.89 bits per heavy atom.